The number of ether oxygens (including phenoxy) is 1. The van der Waals surface area contributed by atoms with Crippen molar-refractivity contribution >= 4 is 5.97 Å². The molecule has 0 aliphatic rings. The summed E-state index contributed by atoms with van der Waals surface area (Å²) in [5.41, 5.74) is 2.15. The van der Waals surface area contributed by atoms with E-state index in [1.54, 1.807) is 18.5 Å². The molecule has 0 saturated heterocycles. The van der Waals surface area contributed by atoms with Crippen LogP contribution in [0.4, 0.5) is 0 Å². The number of hydrogen-bond donors (Lipinski definition) is 0. The summed E-state index contributed by atoms with van der Waals surface area (Å²) in [6, 6.07) is 0. The number of carbonyl (C=O) groups excluding carboxylic acids is 1. The molecule has 0 radical (unpaired) electrons. The molecule has 0 spiro atoms. The first-order chi connectivity index (χ1) is 6.07. The summed E-state index contributed by atoms with van der Waals surface area (Å²) in [4.78, 5) is 11.4. The van der Waals surface area contributed by atoms with E-state index in [9.17, 15) is 4.79 Å². The molecule has 0 amide bonds. The predicted molar refractivity (Wildman–Crippen MR) is 48.6 cm³/mol. The average Bonchev–Trinajstić information content (AvgIpc) is 2.27. The lowest BCUT2D eigenvalue weighted by Crippen LogP contribution is -2.07. The molecule has 13 heavy (non-hydrogen) atoms. The fourth-order valence-corrected chi connectivity index (χ4v) is 1.27. The van der Waals surface area contributed by atoms with E-state index in [-0.39, 0.29) is 5.97 Å². The quantitative estimate of drug-likeness (QED) is 0.646. The molecular weight excluding hydrogens is 168 g/mol. The number of aryl methyl sites for hydroxylation is 2. The molecule has 1 aromatic heterocycles. The molecule has 0 aliphatic heterocycles. The minimum Gasteiger partial charge on any atom is -0.462 e. The lowest BCUT2D eigenvalue weighted by molar-refractivity contribution is 0.0524. The van der Waals surface area contributed by atoms with Crippen LogP contribution >= 0.6 is 0 Å². The predicted octanol–water partition coefficient (Wildman–Crippen LogP) is 1.21. The standard InChI is InChI=1S/C9H14N2O2/c1-5-13-9(12)8-6(2)10-11(4)7(8)3/h5H2,1-4H3. The van der Waals surface area contributed by atoms with Gasteiger partial charge in [-0.3, -0.25) is 4.68 Å². The third kappa shape index (κ3) is 1.71. The Balaban J connectivity index is 3.06. The highest BCUT2D eigenvalue weighted by molar-refractivity contribution is 5.91. The van der Waals surface area contributed by atoms with E-state index in [1.807, 2.05) is 14.0 Å². The maximum Gasteiger partial charge on any atom is 0.341 e. The van der Waals surface area contributed by atoms with Crippen molar-refractivity contribution in [3.05, 3.63) is 17.0 Å². The van der Waals surface area contributed by atoms with E-state index in [1.165, 1.54) is 0 Å². The van der Waals surface area contributed by atoms with Gasteiger partial charge >= 0.3 is 5.97 Å². The minimum absolute atomic E-state index is 0.286. The zero-order valence-corrected chi connectivity index (χ0v) is 8.42. The molecular formula is C9H14N2O2. The van der Waals surface area contributed by atoms with E-state index in [0.29, 0.717) is 12.2 Å². The van der Waals surface area contributed by atoms with Crippen molar-refractivity contribution in [1.82, 2.24) is 9.78 Å². The van der Waals surface area contributed by atoms with Gasteiger partial charge in [0, 0.05) is 12.7 Å². The second kappa shape index (κ2) is 3.60. The van der Waals surface area contributed by atoms with Gasteiger partial charge in [-0.15, -0.1) is 0 Å². The molecule has 4 heteroatoms. The Hall–Kier alpha value is -1.32. The third-order valence-corrected chi connectivity index (χ3v) is 1.99. The van der Waals surface area contributed by atoms with Gasteiger partial charge in [0.15, 0.2) is 0 Å². The fraction of sp³-hybridized carbons (Fsp3) is 0.556. The molecule has 0 N–H and O–H groups in total. The Bertz CT molecular complexity index is 329. The van der Waals surface area contributed by atoms with Gasteiger partial charge in [-0.2, -0.15) is 5.10 Å². The van der Waals surface area contributed by atoms with E-state index in [0.717, 1.165) is 11.4 Å². The second-order valence-corrected chi connectivity index (χ2v) is 2.89. The highest BCUT2D eigenvalue weighted by atomic mass is 16.5. The highest BCUT2D eigenvalue weighted by Gasteiger charge is 2.17. The van der Waals surface area contributed by atoms with Gasteiger partial charge in [-0.05, 0) is 20.8 Å². The van der Waals surface area contributed by atoms with Gasteiger partial charge in [0.25, 0.3) is 0 Å². The fourth-order valence-electron chi connectivity index (χ4n) is 1.27. The number of rotatable bonds is 2. The molecule has 72 valence electrons. The first kappa shape index (κ1) is 9.77. The molecule has 4 nitrogen and oxygen atoms in total. The maximum absolute atomic E-state index is 11.4. The van der Waals surface area contributed by atoms with Crippen LogP contribution in [0.5, 0.6) is 0 Å². The van der Waals surface area contributed by atoms with E-state index in [2.05, 4.69) is 5.10 Å². The number of esters is 1. The summed E-state index contributed by atoms with van der Waals surface area (Å²) < 4.78 is 6.59. The van der Waals surface area contributed by atoms with Gasteiger partial charge in [-0.25, -0.2) is 4.79 Å². The summed E-state index contributed by atoms with van der Waals surface area (Å²) in [5.74, 6) is -0.286. The normalized spacial score (nSPS) is 10.2. The summed E-state index contributed by atoms with van der Waals surface area (Å²) in [7, 11) is 1.81. The Morgan fingerprint density at radius 3 is 2.54 bits per heavy atom. The van der Waals surface area contributed by atoms with Gasteiger partial charge in [0.2, 0.25) is 0 Å². The van der Waals surface area contributed by atoms with E-state index in [4.69, 9.17) is 4.74 Å². The molecule has 0 bridgehead atoms. The molecule has 1 heterocycles. The molecule has 1 rings (SSSR count). The Kier molecular flexibility index (Phi) is 2.70. The molecule has 1 aromatic rings. The van der Waals surface area contributed by atoms with Crippen LogP contribution in [0.2, 0.25) is 0 Å². The Morgan fingerprint density at radius 1 is 1.54 bits per heavy atom. The van der Waals surface area contributed by atoms with E-state index >= 15 is 0 Å². The van der Waals surface area contributed by atoms with Crippen LogP contribution in [0.25, 0.3) is 0 Å². The summed E-state index contributed by atoms with van der Waals surface area (Å²) in [6.45, 7) is 5.84. The summed E-state index contributed by atoms with van der Waals surface area (Å²) in [6.07, 6.45) is 0. The van der Waals surface area contributed by atoms with Gasteiger partial charge in [-0.1, -0.05) is 0 Å². The topological polar surface area (TPSA) is 44.1 Å². The molecule has 0 fully saturated rings. The van der Waals surface area contributed by atoms with Crippen LogP contribution in [0.1, 0.15) is 28.7 Å². The number of nitrogens with zero attached hydrogens (tertiary/aromatic N) is 2. The van der Waals surface area contributed by atoms with Gasteiger partial charge < -0.3 is 4.74 Å². The molecule has 0 aromatic carbocycles. The van der Waals surface area contributed by atoms with Gasteiger partial charge in [0.05, 0.1) is 12.3 Å². The van der Waals surface area contributed by atoms with Crippen molar-refractivity contribution in [2.45, 2.75) is 20.8 Å². The maximum atomic E-state index is 11.4. The van der Waals surface area contributed by atoms with Crippen LogP contribution in [-0.2, 0) is 11.8 Å². The minimum atomic E-state index is -0.286. The number of hydrogen-bond acceptors (Lipinski definition) is 3. The summed E-state index contributed by atoms with van der Waals surface area (Å²) in [5, 5.41) is 4.13. The monoisotopic (exact) mass is 182 g/mol. The van der Waals surface area contributed by atoms with Crippen LogP contribution in [-0.4, -0.2) is 22.4 Å². The zero-order valence-electron chi connectivity index (χ0n) is 8.42. The van der Waals surface area contributed by atoms with Crippen molar-refractivity contribution < 1.29 is 9.53 Å². The van der Waals surface area contributed by atoms with Crippen LogP contribution < -0.4 is 0 Å². The number of carbonyl (C=O) groups is 1. The van der Waals surface area contributed by atoms with Crippen molar-refractivity contribution in [2.24, 2.45) is 7.05 Å². The smallest absolute Gasteiger partial charge is 0.341 e. The van der Waals surface area contributed by atoms with Crippen molar-refractivity contribution in [1.29, 1.82) is 0 Å². The number of aromatic nitrogens is 2. The highest BCUT2D eigenvalue weighted by Crippen LogP contribution is 2.12. The first-order valence-electron chi connectivity index (χ1n) is 4.25. The van der Waals surface area contributed by atoms with Crippen LogP contribution in [0, 0.1) is 13.8 Å². The lowest BCUT2D eigenvalue weighted by atomic mass is 10.2. The molecule has 0 atom stereocenters. The molecule has 0 aliphatic carbocycles. The largest absolute Gasteiger partial charge is 0.462 e. The van der Waals surface area contributed by atoms with Crippen molar-refractivity contribution in [3.63, 3.8) is 0 Å². The Morgan fingerprint density at radius 2 is 2.15 bits per heavy atom. The lowest BCUT2D eigenvalue weighted by Gasteiger charge is -2.01. The molecule has 0 unspecified atom stereocenters. The average molecular weight is 182 g/mol. The zero-order chi connectivity index (χ0) is 10.0. The van der Waals surface area contributed by atoms with Gasteiger partial charge in [0.1, 0.15) is 5.56 Å². The van der Waals surface area contributed by atoms with Crippen LogP contribution in [0.3, 0.4) is 0 Å². The van der Waals surface area contributed by atoms with Crippen LogP contribution in [0.15, 0.2) is 0 Å². The van der Waals surface area contributed by atoms with E-state index < -0.39 is 0 Å². The second-order valence-electron chi connectivity index (χ2n) is 2.89. The SMILES string of the molecule is CCOC(=O)c1c(C)nn(C)c1C. The first-order valence-corrected chi connectivity index (χ1v) is 4.25. The third-order valence-electron chi connectivity index (χ3n) is 1.99. The Labute approximate surface area is 77.5 Å². The summed E-state index contributed by atoms with van der Waals surface area (Å²) >= 11 is 0. The molecule has 0 saturated carbocycles. The van der Waals surface area contributed by atoms with Crippen molar-refractivity contribution in [2.75, 3.05) is 6.61 Å². The van der Waals surface area contributed by atoms with Crippen molar-refractivity contribution in [3.8, 4) is 0 Å².